The van der Waals surface area contributed by atoms with Crippen LogP contribution in [0.1, 0.15) is 35.2 Å². The van der Waals surface area contributed by atoms with Crippen molar-refractivity contribution in [1.29, 1.82) is 0 Å². The van der Waals surface area contributed by atoms with E-state index in [0.717, 1.165) is 12.8 Å². The van der Waals surface area contributed by atoms with E-state index in [0.29, 0.717) is 35.9 Å². The lowest BCUT2D eigenvalue weighted by molar-refractivity contribution is -0.116. The molecule has 2 N–H and O–H groups in total. The van der Waals surface area contributed by atoms with Gasteiger partial charge in [0.2, 0.25) is 5.91 Å². The fraction of sp³-hybridized carbons (Fsp3) is 0.300. The molecule has 1 saturated carbocycles. The normalized spacial score (nSPS) is 13.3. The summed E-state index contributed by atoms with van der Waals surface area (Å²) in [5, 5.41) is 11.9. The van der Waals surface area contributed by atoms with Crippen LogP contribution in [-0.2, 0) is 11.2 Å². The number of halogens is 1. The molecule has 3 rings (SSSR count). The number of hydrogen-bond acceptors (Lipinski definition) is 3. The second-order valence-electron chi connectivity index (χ2n) is 6.41. The molecule has 1 aliphatic carbocycles. The Balaban J connectivity index is 1.62. The fourth-order valence-corrected chi connectivity index (χ4v) is 2.62. The Morgan fingerprint density at radius 3 is 2.69 bits per heavy atom. The molecule has 0 saturated heterocycles. The third-order valence-electron chi connectivity index (χ3n) is 4.26. The van der Waals surface area contributed by atoms with Gasteiger partial charge in [0.25, 0.3) is 0 Å². The number of amides is 1. The Bertz CT molecular complexity index is 817. The smallest absolute Gasteiger partial charge is 0.335 e. The van der Waals surface area contributed by atoms with Gasteiger partial charge >= 0.3 is 5.97 Å². The molecule has 1 aliphatic rings. The van der Waals surface area contributed by atoms with Crippen molar-refractivity contribution in [3.63, 3.8) is 0 Å². The number of aryl methyl sites for hydroxylation is 1. The molecule has 0 aliphatic heterocycles. The Kier molecular flexibility index (Phi) is 5.51. The molecule has 2 aromatic rings. The monoisotopic (exact) mass is 357 g/mol. The van der Waals surface area contributed by atoms with Gasteiger partial charge in [-0.05, 0) is 48.9 Å². The molecule has 26 heavy (non-hydrogen) atoms. The summed E-state index contributed by atoms with van der Waals surface area (Å²) in [5.41, 5.74) is 1.21. The zero-order chi connectivity index (χ0) is 18.5. The van der Waals surface area contributed by atoms with Crippen LogP contribution in [0.15, 0.2) is 42.5 Å². The zero-order valence-electron chi connectivity index (χ0n) is 14.2. The van der Waals surface area contributed by atoms with Gasteiger partial charge in [-0.1, -0.05) is 18.2 Å². The topological polar surface area (TPSA) is 75.6 Å². The van der Waals surface area contributed by atoms with Crippen molar-refractivity contribution >= 4 is 17.6 Å². The van der Waals surface area contributed by atoms with Crippen molar-refractivity contribution in [3.8, 4) is 5.75 Å². The number of ether oxygens (including phenoxy) is 1. The summed E-state index contributed by atoms with van der Waals surface area (Å²) < 4.78 is 19.1. The second kappa shape index (κ2) is 7.99. The van der Waals surface area contributed by atoms with Crippen LogP contribution >= 0.6 is 0 Å². The summed E-state index contributed by atoms with van der Waals surface area (Å²) in [6, 6.07) is 10.6. The Morgan fingerprint density at radius 2 is 1.96 bits per heavy atom. The average Bonchev–Trinajstić information content (AvgIpc) is 3.44. The minimum absolute atomic E-state index is 0.115. The standard InChI is InChI=1S/C20H20FNO4/c21-15-8-9-17(18(11-15)26-12-13-5-6-13)22-19(23)10-7-14-3-1-2-4-16(14)20(24)25/h1-4,8-9,11,13H,5-7,10,12H2,(H,22,23)(H,24,25). The van der Waals surface area contributed by atoms with Crippen molar-refractivity contribution in [3.05, 3.63) is 59.4 Å². The molecule has 0 aromatic heterocycles. The van der Waals surface area contributed by atoms with Crippen LogP contribution in [0.25, 0.3) is 0 Å². The minimum Gasteiger partial charge on any atom is -0.491 e. The summed E-state index contributed by atoms with van der Waals surface area (Å²) in [4.78, 5) is 23.5. The number of hydrogen-bond donors (Lipinski definition) is 2. The van der Waals surface area contributed by atoms with Crippen molar-refractivity contribution < 1.29 is 23.8 Å². The van der Waals surface area contributed by atoms with Gasteiger partial charge < -0.3 is 15.2 Å². The van der Waals surface area contributed by atoms with Crippen molar-refractivity contribution in [2.75, 3.05) is 11.9 Å². The lowest BCUT2D eigenvalue weighted by atomic mass is 10.0. The molecular formula is C20H20FNO4. The van der Waals surface area contributed by atoms with Crippen molar-refractivity contribution in [2.45, 2.75) is 25.7 Å². The number of carbonyl (C=O) groups is 2. The van der Waals surface area contributed by atoms with Crippen molar-refractivity contribution in [1.82, 2.24) is 0 Å². The van der Waals surface area contributed by atoms with E-state index >= 15 is 0 Å². The summed E-state index contributed by atoms with van der Waals surface area (Å²) in [6.45, 7) is 0.512. The number of carboxylic acids is 1. The van der Waals surface area contributed by atoms with Crippen LogP contribution in [0.4, 0.5) is 10.1 Å². The third kappa shape index (κ3) is 4.81. The third-order valence-corrected chi connectivity index (χ3v) is 4.26. The number of rotatable bonds is 8. The highest BCUT2D eigenvalue weighted by Crippen LogP contribution is 2.32. The summed E-state index contributed by atoms with van der Waals surface area (Å²) in [5.74, 6) is -0.905. The Labute approximate surface area is 150 Å². The quantitative estimate of drug-likeness (QED) is 0.752. The molecule has 1 fully saturated rings. The minimum atomic E-state index is -1.02. The second-order valence-corrected chi connectivity index (χ2v) is 6.41. The van der Waals surface area contributed by atoms with Crippen LogP contribution in [0.2, 0.25) is 0 Å². The number of aromatic carboxylic acids is 1. The number of benzene rings is 2. The highest BCUT2D eigenvalue weighted by atomic mass is 19.1. The molecule has 2 aromatic carbocycles. The molecule has 5 nitrogen and oxygen atoms in total. The highest BCUT2D eigenvalue weighted by Gasteiger charge is 2.22. The number of anilines is 1. The summed E-state index contributed by atoms with van der Waals surface area (Å²) >= 11 is 0. The lowest BCUT2D eigenvalue weighted by Gasteiger charge is -2.13. The van der Waals surface area contributed by atoms with Crippen molar-refractivity contribution in [2.24, 2.45) is 5.92 Å². The lowest BCUT2D eigenvalue weighted by Crippen LogP contribution is -2.14. The van der Waals surface area contributed by atoms with Crippen LogP contribution in [0.3, 0.4) is 0 Å². The van der Waals surface area contributed by atoms with Crippen LogP contribution in [-0.4, -0.2) is 23.6 Å². The molecule has 1 amide bonds. The first-order chi connectivity index (χ1) is 12.5. The predicted octanol–water partition coefficient (Wildman–Crippen LogP) is 3.88. The predicted molar refractivity (Wildman–Crippen MR) is 95.0 cm³/mol. The molecule has 0 spiro atoms. The molecule has 0 radical (unpaired) electrons. The van der Waals surface area contributed by atoms with Gasteiger partial charge in [0.05, 0.1) is 17.9 Å². The summed E-state index contributed by atoms with van der Waals surface area (Å²) in [7, 11) is 0. The molecule has 0 atom stereocenters. The summed E-state index contributed by atoms with van der Waals surface area (Å²) in [6.07, 6.45) is 2.64. The Hall–Kier alpha value is -2.89. The maximum absolute atomic E-state index is 13.5. The van der Waals surface area contributed by atoms with Gasteiger partial charge in [-0.2, -0.15) is 0 Å². The maximum atomic E-state index is 13.5. The number of carboxylic acid groups (broad SMARTS) is 1. The van der Waals surface area contributed by atoms with Gasteiger partial charge in [-0.15, -0.1) is 0 Å². The SMILES string of the molecule is O=C(CCc1ccccc1C(=O)O)Nc1ccc(F)cc1OCC1CC1. The van der Waals surface area contributed by atoms with E-state index in [4.69, 9.17) is 4.74 Å². The van der Waals surface area contributed by atoms with Crippen LogP contribution in [0.5, 0.6) is 5.75 Å². The van der Waals surface area contributed by atoms with E-state index in [2.05, 4.69) is 5.32 Å². The molecule has 0 bridgehead atoms. The van der Waals surface area contributed by atoms with Gasteiger partial charge in [-0.3, -0.25) is 4.79 Å². The van der Waals surface area contributed by atoms with E-state index in [1.165, 1.54) is 24.3 Å². The maximum Gasteiger partial charge on any atom is 0.335 e. The number of nitrogens with one attached hydrogen (secondary N) is 1. The highest BCUT2D eigenvalue weighted by molar-refractivity contribution is 5.93. The van der Waals surface area contributed by atoms with E-state index in [1.807, 2.05) is 0 Å². The van der Waals surface area contributed by atoms with Gasteiger partial charge in [0.1, 0.15) is 11.6 Å². The average molecular weight is 357 g/mol. The van der Waals surface area contributed by atoms with Gasteiger partial charge in [-0.25, -0.2) is 9.18 Å². The fourth-order valence-electron chi connectivity index (χ4n) is 2.62. The Morgan fingerprint density at radius 1 is 1.19 bits per heavy atom. The van der Waals surface area contributed by atoms with Gasteiger partial charge in [0.15, 0.2) is 0 Å². The first-order valence-electron chi connectivity index (χ1n) is 8.56. The molecular weight excluding hydrogens is 337 g/mol. The molecule has 6 heteroatoms. The first-order valence-corrected chi connectivity index (χ1v) is 8.56. The molecule has 0 unspecified atom stereocenters. The van der Waals surface area contributed by atoms with Gasteiger partial charge in [0, 0.05) is 12.5 Å². The molecule has 0 heterocycles. The van der Waals surface area contributed by atoms with E-state index in [1.54, 1.807) is 18.2 Å². The zero-order valence-corrected chi connectivity index (χ0v) is 14.2. The number of carbonyl (C=O) groups excluding carboxylic acids is 1. The van der Waals surface area contributed by atoms with E-state index in [-0.39, 0.29) is 17.9 Å². The van der Waals surface area contributed by atoms with E-state index in [9.17, 15) is 19.1 Å². The van der Waals surface area contributed by atoms with E-state index < -0.39 is 11.8 Å². The first kappa shape index (κ1) is 17.9. The van der Waals surface area contributed by atoms with Crippen LogP contribution in [0, 0.1) is 11.7 Å². The largest absolute Gasteiger partial charge is 0.491 e. The van der Waals surface area contributed by atoms with Crippen LogP contribution < -0.4 is 10.1 Å². The molecule has 136 valence electrons.